The standard InChI is InChI=1S/C14H23NO2S/c1-3-4-5-9-12-18(16,17)15(2)13-14-10-7-6-8-11-14/h6-8,10-11H,3-5,9,12-13H2,1-2H3. The molecule has 0 atom stereocenters. The lowest BCUT2D eigenvalue weighted by Crippen LogP contribution is -2.28. The van der Waals surface area contributed by atoms with Crippen molar-refractivity contribution in [2.24, 2.45) is 0 Å². The van der Waals surface area contributed by atoms with E-state index in [4.69, 9.17) is 0 Å². The Hall–Kier alpha value is -0.870. The van der Waals surface area contributed by atoms with Crippen molar-refractivity contribution in [2.45, 2.75) is 39.2 Å². The first-order chi connectivity index (χ1) is 8.56. The van der Waals surface area contributed by atoms with Crippen LogP contribution in [-0.2, 0) is 16.6 Å². The van der Waals surface area contributed by atoms with Crippen molar-refractivity contribution in [3.8, 4) is 0 Å². The second kappa shape index (κ2) is 7.54. The Bertz CT molecular complexity index is 428. The first-order valence-corrected chi connectivity index (χ1v) is 8.15. The Balaban J connectivity index is 2.46. The lowest BCUT2D eigenvalue weighted by Gasteiger charge is -2.17. The SMILES string of the molecule is CCCCCCS(=O)(=O)N(C)Cc1ccccc1. The zero-order valence-electron chi connectivity index (χ0n) is 11.3. The third kappa shape index (κ3) is 5.19. The molecular weight excluding hydrogens is 246 g/mol. The minimum atomic E-state index is -3.11. The van der Waals surface area contributed by atoms with E-state index in [2.05, 4.69) is 6.92 Å². The number of sulfonamides is 1. The fourth-order valence-electron chi connectivity index (χ4n) is 1.81. The summed E-state index contributed by atoms with van der Waals surface area (Å²) in [7, 11) is -1.45. The summed E-state index contributed by atoms with van der Waals surface area (Å²) in [5.74, 6) is 0.260. The highest BCUT2D eigenvalue weighted by molar-refractivity contribution is 7.89. The molecule has 0 saturated heterocycles. The molecule has 4 heteroatoms. The predicted octanol–water partition coefficient (Wildman–Crippen LogP) is 3.03. The zero-order valence-corrected chi connectivity index (χ0v) is 12.1. The third-order valence-electron chi connectivity index (χ3n) is 2.98. The maximum Gasteiger partial charge on any atom is 0.214 e. The van der Waals surface area contributed by atoms with Gasteiger partial charge in [0.2, 0.25) is 10.0 Å². The smallest absolute Gasteiger partial charge is 0.212 e. The van der Waals surface area contributed by atoms with Crippen molar-refractivity contribution < 1.29 is 8.42 Å². The maximum absolute atomic E-state index is 12.0. The van der Waals surface area contributed by atoms with Crippen molar-refractivity contribution in [3.05, 3.63) is 35.9 Å². The van der Waals surface area contributed by atoms with Crippen LogP contribution in [0.25, 0.3) is 0 Å². The molecule has 0 unspecified atom stereocenters. The normalized spacial score (nSPS) is 11.9. The van der Waals surface area contributed by atoms with Gasteiger partial charge in [0.25, 0.3) is 0 Å². The molecule has 0 aliphatic heterocycles. The molecule has 3 nitrogen and oxygen atoms in total. The molecular formula is C14H23NO2S. The van der Waals surface area contributed by atoms with Gasteiger partial charge in [0.05, 0.1) is 5.75 Å². The molecule has 0 radical (unpaired) electrons. The highest BCUT2D eigenvalue weighted by atomic mass is 32.2. The molecule has 1 rings (SSSR count). The van der Waals surface area contributed by atoms with Gasteiger partial charge >= 0.3 is 0 Å². The van der Waals surface area contributed by atoms with E-state index in [9.17, 15) is 8.42 Å². The van der Waals surface area contributed by atoms with Gasteiger partial charge in [0.1, 0.15) is 0 Å². The van der Waals surface area contributed by atoms with Crippen LogP contribution in [0.4, 0.5) is 0 Å². The average molecular weight is 269 g/mol. The van der Waals surface area contributed by atoms with E-state index in [1.54, 1.807) is 7.05 Å². The second-order valence-electron chi connectivity index (χ2n) is 4.62. The van der Waals surface area contributed by atoms with E-state index in [0.29, 0.717) is 6.54 Å². The Labute approximate surface area is 111 Å². The Morgan fingerprint density at radius 2 is 1.72 bits per heavy atom. The van der Waals surface area contributed by atoms with E-state index in [1.165, 1.54) is 4.31 Å². The van der Waals surface area contributed by atoms with Crippen LogP contribution in [0.2, 0.25) is 0 Å². The van der Waals surface area contributed by atoms with Crippen molar-refractivity contribution >= 4 is 10.0 Å². The number of hydrogen-bond donors (Lipinski definition) is 0. The molecule has 102 valence electrons. The highest BCUT2D eigenvalue weighted by Gasteiger charge is 2.17. The highest BCUT2D eigenvalue weighted by Crippen LogP contribution is 2.10. The molecule has 1 aromatic rings. The van der Waals surface area contributed by atoms with Gasteiger partial charge in [-0.1, -0.05) is 56.5 Å². The Kier molecular flexibility index (Phi) is 6.36. The lowest BCUT2D eigenvalue weighted by atomic mass is 10.2. The van der Waals surface area contributed by atoms with Crippen LogP contribution < -0.4 is 0 Å². The molecule has 0 aliphatic carbocycles. The van der Waals surface area contributed by atoms with Gasteiger partial charge in [-0.25, -0.2) is 12.7 Å². The number of unbranched alkanes of at least 4 members (excludes halogenated alkanes) is 3. The summed E-state index contributed by atoms with van der Waals surface area (Å²) in [5.41, 5.74) is 1.03. The summed E-state index contributed by atoms with van der Waals surface area (Å²) in [4.78, 5) is 0. The van der Waals surface area contributed by atoms with Gasteiger partial charge in [-0.3, -0.25) is 0 Å². The van der Waals surface area contributed by atoms with Crippen LogP contribution in [0.3, 0.4) is 0 Å². The number of benzene rings is 1. The van der Waals surface area contributed by atoms with Crippen LogP contribution in [0.1, 0.15) is 38.2 Å². The number of hydrogen-bond acceptors (Lipinski definition) is 2. The predicted molar refractivity (Wildman–Crippen MR) is 75.8 cm³/mol. The van der Waals surface area contributed by atoms with Gasteiger partial charge in [-0.15, -0.1) is 0 Å². The van der Waals surface area contributed by atoms with E-state index >= 15 is 0 Å². The van der Waals surface area contributed by atoms with Crippen LogP contribution in [-0.4, -0.2) is 25.5 Å². The molecule has 1 aromatic carbocycles. The topological polar surface area (TPSA) is 37.4 Å². The van der Waals surface area contributed by atoms with Crippen molar-refractivity contribution in [3.63, 3.8) is 0 Å². The first-order valence-electron chi connectivity index (χ1n) is 6.54. The van der Waals surface area contributed by atoms with Crippen LogP contribution in [0, 0.1) is 0 Å². The minimum absolute atomic E-state index is 0.260. The summed E-state index contributed by atoms with van der Waals surface area (Å²) < 4.78 is 25.5. The molecule has 0 aromatic heterocycles. The fraction of sp³-hybridized carbons (Fsp3) is 0.571. The summed E-state index contributed by atoms with van der Waals surface area (Å²) >= 11 is 0. The molecule has 0 heterocycles. The fourth-order valence-corrected chi connectivity index (χ4v) is 3.03. The zero-order chi connectivity index (χ0) is 13.4. The van der Waals surface area contributed by atoms with Crippen LogP contribution >= 0.6 is 0 Å². The number of nitrogens with zero attached hydrogens (tertiary/aromatic N) is 1. The van der Waals surface area contributed by atoms with Crippen LogP contribution in [0.5, 0.6) is 0 Å². The summed E-state index contributed by atoms with van der Waals surface area (Å²) in [6.07, 6.45) is 3.99. The van der Waals surface area contributed by atoms with Crippen LogP contribution in [0.15, 0.2) is 30.3 Å². The second-order valence-corrected chi connectivity index (χ2v) is 6.81. The van der Waals surface area contributed by atoms with Gasteiger partial charge in [-0.2, -0.15) is 0 Å². The Morgan fingerprint density at radius 3 is 2.33 bits per heavy atom. The summed E-state index contributed by atoms with van der Waals surface area (Å²) in [6.45, 7) is 2.58. The van der Waals surface area contributed by atoms with Crippen molar-refractivity contribution in [1.29, 1.82) is 0 Å². The average Bonchev–Trinajstić information content (AvgIpc) is 2.36. The molecule has 0 N–H and O–H groups in total. The van der Waals surface area contributed by atoms with E-state index in [1.807, 2.05) is 30.3 Å². The monoisotopic (exact) mass is 269 g/mol. The number of rotatable bonds is 8. The van der Waals surface area contributed by atoms with Gasteiger partial charge in [0.15, 0.2) is 0 Å². The van der Waals surface area contributed by atoms with Gasteiger partial charge in [-0.05, 0) is 12.0 Å². The molecule has 18 heavy (non-hydrogen) atoms. The molecule has 0 bridgehead atoms. The van der Waals surface area contributed by atoms with Crippen molar-refractivity contribution in [2.75, 3.05) is 12.8 Å². The van der Waals surface area contributed by atoms with E-state index < -0.39 is 10.0 Å². The molecule has 0 aliphatic rings. The third-order valence-corrected chi connectivity index (χ3v) is 4.86. The largest absolute Gasteiger partial charge is 0.214 e. The van der Waals surface area contributed by atoms with Crippen molar-refractivity contribution in [1.82, 2.24) is 4.31 Å². The minimum Gasteiger partial charge on any atom is -0.212 e. The quantitative estimate of drug-likeness (QED) is 0.680. The lowest BCUT2D eigenvalue weighted by molar-refractivity contribution is 0.464. The first kappa shape index (κ1) is 15.2. The van der Waals surface area contributed by atoms with Gasteiger partial charge < -0.3 is 0 Å². The van der Waals surface area contributed by atoms with Gasteiger partial charge in [0, 0.05) is 13.6 Å². The van der Waals surface area contributed by atoms with E-state index in [-0.39, 0.29) is 5.75 Å². The molecule has 0 saturated carbocycles. The maximum atomic E-state index is 12.0. The molecule has 0 fully saturated rings. The summed E-state index contributed by atoms with van der Waals surface area (Å²) in [6, 6.07) is 9.68. The molecule has 0 amide bonds. The summed E-state index contributed by atoms with van der Waals surface area (Å²) in [5, 5.41) is 0. The Morgan fingerprint density at radius 1 is 1.06 bits per heavy atom. The van der Waals surface area contributed by atoms with E-state index in [0.717, 1.165) is 31.2 Å². The molecule has 0 spiro atoms.